The molecule has 0 unspecified atom stereocenters. The summed E-state index contributed by atoms with van der Waals surface area (Å²) >= 11 is 0. The lowest BCUT2D eigenvalue weighted by Crippen LogP contribution is -2.33. The zero-order valence-electron chi connectivity index (χ0n) is 11.9. The molecule has 1 aliphatic carbocycles. The highest BCUT2D eigenvalue weighted by Crippen LogP contribution is 2.30. The molecule has 0 bridgehead atoms. The van der Waals surface area contributed by atoms with Gasteiger partial charge in [0.05, 0.1) is 0 Å². The second-order valence-electron chi connectivity index (χ2n) is 5.62. The standard InChI is InChI=1S/C16H22FNO2/c1-2-11-3-5-12(6-4-11)16(20)18-10-13-7-8-14(19)9-15(13)17/h7-9,11-12,19H,2-6,10H2,1H3,(H,18,20). The normalized spacial score (nSPS) is 22.5. The van der Waals surface area contributed by atoms with Crippen LogP contribution in [0.15, 0.2) is 18.2 Å². The van der Waals surface area contributed by atoms with Gasteiger partial charge < -0.3 is 10.4 Å². The predicted octanol–water partition coefficient (Wildman–Crippen LogP) is 3.36. The van der Waals surface area contributed by atoms with Crippen molar-refractivity contribution in [2.75, 3.05) is 0 Å². The number of halogens is 1. The van der Waals surface area contributed by atoms with Gasteiger partial charge in [-0.3, -0.25) is 4.79 Å². The molecule has 0 aromatic heterocycles. The van der Waals surface area contributed by atoms with Crippen molar-refractivity contribution in [3.05, 3.63) is 29.6 Å². The van der Waals surface area contributed by atoms with Crippen molar-refractivity contribution < 1.29 is 14.3 Å². The van der Waals surface area contributed by atoms with Crippen molar-refractivity contribution in [2.24, 2.45) is 11.8 Å². The number of carbonyl (C=O) groups is 1. The Morgan fingerprint density at radius 2 is 2.05 bits per heavy atom. The van der Waals surface area contributed by atoms with Crippen LogP contribution in [0.5, 0.6) is 5.75 Å². The van der Waals surface area contributed by atoms with E-state index in [4.69, 9.17) is 5.11 Å². The van der Waals surface area contributed by atoms with E-state index in [-0.39, 0.29) is 24.1 Å². The van der Waals surface area contributed by atoms with E-state index < -0.39 is 5.82 Å². The number of aromatic hydroxyl groups is 1. The molecule has 0 atom stereocenters. The van der Waals surface area contributed by atoms with E-state index in [2.05, 4.69) is 12.2 Å². The van der Waals surface area contributed by atoms with Crippen molar-refractivity contribution >= 4 is 5.91 Å². The summed E-state index contributed by atoms with van der Waals surface area (Å²) in [5, 5.41) is 11.9. The summed E-state index contributed by atoms with van der Waals surface area (Å²) in [5.41, 5.74) is 0.401. The van der Waals surface area contributed by atoms with Crippen LogP contribution in [0.3, 0.4) is 0 Å². The minimum atomic E-state index is -0.486. The average molecular weight is 279 g/mol. The van der Waals surface area contributed by atoms with Gasteiger partial charge in [-0.25, -0.2) is 4.39 Å². The summed E-state index contributed by atoms with van der Waals surface area (Å²) in [7, 11) is 0. The number of benzene rings is 1. The van der Waals surface area contributed by atoms with Gasteiger partial charge in [-0.1, -0.05) is 19.4 Å². The molecule has 2 rings (SSSR count). The number of phenols is 1. The third-order valence-corrected chi connectivity index (χ3v) is 4.28. The first kappa shape index (κ1) is 14.8. The zero-order chi connectivity index (χ0) is 14.5. The number of amides is 1. The lowest BCUT2D eigenvalue weighted by molar-refractivity contribution is -0.126. The second kappa shape index (κ2) is 6.73. The summed E-state index contributed by atoms with van der Waals surface area (Å²) in [6.07, 6.45) is 5.28. The van der Waals surface area contributed by atoms with Crippen LogP contribution in [0.1, 0.15) is 44.6 Å². The Morgan fingerprint density at radius 3 is 2.65 bits per heavy atom. The molecule has 0 heterocycles. The van der Waals surface area contributed by atoms with E-state index in [1.165, 1.54) is 18.6 Å². The Kier molecular flexibility index (Phi) is 4.99. The minimum absolute atomic E-state index is 0.0204. The van der Waals surface area contributed by atoms with Crippen LogP contribution in [0.25, 0.3) is 0 Å². The fraction of sp³-hybridized carbons (Fsp3) is 0.562. The van der Waals surface area contributed by atoms with Crippen molar-refractivity contribution in [3.63, 3.8) is 0 Å². The smallest absolute Gasteiger partial charge is 0.223 e. The molecule has 0 spiro atoms. The van der Waals surface area contributed by atoms with E-state index in [1.54, 1.807) is 0 Å². The third kappa shape index (κ3) is 3.71. The number of hydrogen-bond acceptors (Lipinski definition) is 2. The fourth-order valence-corrected chi connectivity index (χ4v) is 2.84. The number of phenolic OH excluding ortho intramolecular Hbond substituents is 1. The molecule has 1 aliphatic rings. The van der Waals surface area contributed by atoms with Gasteiger partial charge in [0.15, 0.2) is 0 Å². The van der Waals surface area contributed by atoms with E-state index in [0.717, 1.165) is 37.7 Å². The number of rotatable bonds is 4. The van der Waals surface area contributed by atoms with E-state index >= 15 is 0 Å². The van der Waals surface area contributed by atoms with Gasteiger partial charge >= 0.3 is 0 Å². The monoisotopic (exact) mass is 279 g/mol. The van der Waals surface area contributed by atoms with Gasteiger partial charge in [-0.05, 0) is 37.7 Å². The highest BCUT2D eigenvalue weighted by molar-refractivity contribution is 5.78. The fourth-order valence-electron chi connectivity index (χ4n) is 2.84. The molecule has 3 nitrogen and oxygen atoms in total. The van der Waals surface area contributed by atoms with E-state index in [9.17, 15) is 9.18 Å². The lowest BCUT2D eigenvalue weighted by atomic mass is 9.80. The number of carbonyl (C=O) groups excluding carboxylic acids is 1. The molecule has 0 saturated heterocycles. The van der Waals surface area contributed by atoms with Crippen LogP contribution < -0.4 is 5.32 Å². The molecule has 0 aliphatic heterocycles. The van der Waals surface area contributed by atoms with Gasteiger partial charge in [0.2, 0.25) is 5.91 Å². The first-order chi connectivity index (χ1) is 9.60. The first-order valence-electron chi connectivity index (χ1n) is 7.35. The summed E-state index contributed by atoms with van der Waals surface area (Å²) in [4.78, 5) is 12.1. The maximum absolute atomic E-state index is 13.5. The Bertz CT molecular complexity index is 468. The molecule has 1 amide bonds. The SMILES string of the molecule is CCC1CCC(C(=O)NCc2ccc(O)cc2F)CC1. The van der Waals surface area contributed by atoms with E-state index in [1.807, 2.05) is 0 Å². The molecule has 110 valence electrons. The van der Waals surface area contributed by atoms with Crippen LogP contribution in [-0.2, 0) is 11.3 Å². The molecule has 2 N–H and O–H groups in total. The lowest BCUT2D eigenvalue weighted by Gasteiger charge is -2.26. The molecule has 1 saturated carbocycles. The van der Waals surface area contributed by atoms with Crippen LogP contribution in [0.2, 0.25) is 0 Å². The topological polar surface area (TPSA) is 49.3 Å². The third-order valence-electron chi connectivity index (χ3n) is 4.28. The Balaban J connectivity index is 1.83. The molecular formula is C16H22FNO2. The maximum Gasteiger partial charge on any atom is 0.223 e. The van der Waals surface area contributed by atoms with Gasteiger partial charge in [0.25, 0.3) is 0 Å². The van der Waals surface area contributed by atoms with E-state index in [0.29, 0.717) is 5.56 Å². The average Bonchev–Trinajstić information content (AvgIpc) is 2.46. The predicted molar refractivity (Wildman–Crippen MR) is 75.7 cm³/mol. The van der Waals surface area contributed by atoms with Gasteiger partial charge in [0.1, 0.15) is 11.6 Å². The van der Waals surface area contributed by atoms with Crippen molar-refractivity contribution in [1.82, 2.24) is 5.32 Å². The Labute approximate surface area is 119 Å². The first-order valence-corrected chi connectivity index (χ1v) is 7.35. The number of hydrogen-bond donors (Lipinski definition) is 2. The molecule has 1 fully saturated rings. The molecule has 1 aromatic carbocycles. The van der Waals surface area contributed by atoms with Crippen molar-refractivity contribution in [3.8, 4) is 5.75 Å². The summed E-state index contributed by atoms with van der Waals surface area (Å²) in [5.74, 6) is 0.258. The molecule has 0 radical (unpaired) electrons. The molecule has 4 heteroatoms. The Hall–Kier alpha value is -1.58. The molecule has 20 heavy (non-hydrogen) atoms. The highest BCUT2D eigenvalue weighted by atomic mass is 19.1. The maximum atomic E-state index is 13.5. The molecular weight excluding hydrogens is 257 g/mol. The quantitative estimate of drug-likeness (QED) is 0.888. The van der Waals surface area contributed by atoms with Crippen molar-refractivity contribution in [2.45, 2.75) is 45.6 Å². The largest absolute Gasteiger partial charge is 0.508 e. The second-order valence-corrected chi connectivity index (χ2v) is 5.62. The number of nitrogens with one attached hydrogen (secondary N) is 1. The van der Waals surface area contributed by atoms with Crippen LogP contribution in [0.4, 0.5) is 4.39 Å². The van der Waals surface area contributed by atoms with Gasteiger partial charge in [-0.2, -0.15) is 0 Å². The van der Waals surface area contributed by atoms with Gasteiger partial charge in [-0.15, -0.1) is 0 Å². The molecule has 1 aromatic rings. The van der Waals surface area contributed by atoms with Crippen LogP contribution in [-0.4, -0.2) is 11.0 Å². The summed E-state index contributed by atoms with van der Waals surface area (Å²) < 4.78 is 13.5. The zero-order valence-corrected chi connectivity index (χ0v) is 11.9. The van der Waals surface area contributed by atoms with Crippen molar-refractivity contribution in [1.29, 1.82) is 0 Å². The van der Waals surface area contributed by atoms with Gasteiger partial charge in [0, 0.05) is 24.1 Å². The minimum Gasteiger partial charge on any atom is -0.508 e. The highest BCUT2D eigenvalue weighted by Gasteiger charge is 2.25. The van der Waals surface area contributed by atoms with Crippen LogP contribution >= 0.6 is 0 Å². The summed E-state index contributed by atoms with van der Waals surface area (Å²) in [6, 6.07) is 3.99. The van der Waals surface area contributed by atoms with Crippen LogP contribution in [0, 0.1) is 17.7 Å². The Morgan fingerprint density at radius 1 is 1.35 bits per heavy atom. The summed E-state index contributed by atoms with van der Waals surface area (Å²) in [6.45, 7) is 2.37.